The summed E-state index contributed by atoms with van der Waals surface area (Å²) in [6.45, 7) is 3.25. The number of hydrogen-bond donors (Lipinski definition) is 1. The second-order valence-electron chi connectivity index (χ2n) is 5.84. The van der Waals surface area contributed by atoms with Crippen LogP contribution in [0.25, 0.3) is 10.8 Å². The lowest BCUT2D eigenvalue weighted by Gasteiger charge is -2.32. The number of carbonyl (C=O) groups is 2. The van der Waals surface area contributed by atoms with Crippen molar-refractivity contribution in [3.8, 4) is 0 Å². The van der Waals surface area contributed by atoms with Crippen molar-refractivity contribution in [1.82, 2.24) is 15.2 Å². The Labute approximate surface area is 140 Å². The minimum absolute atomic E-state index is 0.0864. The van der Waals surface area contributed by atoms with Gasteiger partial charge in [-0.3, -0.25) is 9.78 Å². The first-order valence-electron chi connectivity index (χ1n) is 8.25. The molecule has 6 heteroatoms. The van der Waals surface area contributed by atoms with E-state index in [1.165, 1.54) is 0 Å². The van der Waals surface area contributed by atoms with Crippen LogP contribution in [0.15, 0.2) is 36.5 Å². The van der Waals surface area contributed by atoms with Gasteiger partial charge in [0, 0.05) is 30.7 Å². The molecule has 1 aromatic carbocycles. The van der Waals surface area contributed by atoms with Gasteiger partial charge in [-0.05, 0) is 31.2 Å². The van der Waals surface area contributed by atoms with Crippen molar-refractivity contribution in [2.45, 2.75) is 25.8 Å². The fourth-order valence-electron chi connectivity index (χ4n) is 3.06. The van der Waals surface area contributed by atoms with E-state index in [0.717, 1.165) is 23.6 Å². The highest BCUT2D eigenvalue weighted by molar-refractivity contribution is 6.05. The predicted octanol–water partition coefficient (Wildman–Crippen LogP) is 2.59. The number of likely N-dealkylation sites (tertiary alicyclic amines) is 1. The second-order valence-corrected chi connectivity index (χ2v) is 5.84. The average Bonchev–Trinajstić information content (AvgIpc) is 2.61. The summed E-state index contributed by atoms with van der Waals surface area (Å²) in [4.78, 5) is 30.5. The molecule has 3 rings (SSSR count). The number of piperidine rings is 1. The molecule has 1 aliphatic heterocycles. The smallest absolute Gasteiger partial charge is 0.407 e. The third kappa shape index (κ3) is 3.48. The van der Waals surface area contributed by atoms with Crippen LogP contribution in [0.3, 0.4) is 0 Å². The van der Waals surface area contributed by atoms with E-state index < -0.39 is 6.09 Å². The zero-order valence-electron chi connectivity index (χ0n) is 13.7. The number of hydrogen-bond acceptors (Lipinski definition) is 4. The molecule has 1 fully saturated rings. The van der Waals surface area contributed by atoms with Crippen LogP contribution in [-0.4, -0.2) is 47.6 Å². The number of carbonyl (C=O) groups excluding carboxylic acids is 2. The number of alkyl carbamates (subject to hydrolysis) is 1. The summed E-state index contributed by atoms with van der Waals surface area (Å²) in [5, 5.41) is 4.66. The lowest BCUT2D eigenvalue weighted by atomic mass is 10.0. The molecule has 1 atom stereocenters. The number of nitrogens with zero attached hydrogens (tertiary/aromatic N) is 2. The van der Waals surface area contributed by atoms with E-state index in [4.69, 9.17) is 4.74 Å². The molecule has 1 saturated heterocycles. The summed E-state index contributed by atoms with van der Waals surface area (Å²) in [6.07, 6.45) is 2.91. The van der Waals surface area contributed by atoms with Crippen molar-refractivity contribution in [1.29, 1.82) is 0 Å². The van der Waals surface area contributed by atoms with Gasteiger partial charge in [0.15, 0.2) is 0 Å². The SMILES string of the molecule is CCOC(=O)N[C@@H]1CCCN(C(=O)c2nccc3ccccc23)C1. The number of rotatable bonds is 3. The van der Waals surface area contributed by atoms with E-state index in [1.807, 2.05) is 30.3 Å². The first kappa shape index (κ1) is 16.2. The summed E-state index contributed by atoms with van der Waals surface area (Å²) in [6, 6.07) is 9.53. The van der Waals surface area contributed by atoms with E-state index >= 15 is 0 Å². The summed E-state index contributed by atoms with van der Waals surface area (Å²) in [5.74, 6) is -0.0952. The maximum absolute atomic E-state index is 12.9. The Morgan fingerprint density at radius 1 is 1.33 bits per heavy atom. The Bertz CT molecular complexity index is 742. The third-order valence-corrected chi connectivity index (χ3v) is 4.18. The van der Waals surface area contributed by atoms with Gasteiger partial charge in [-0.15, -0.1) is 0 Å². The van der Waals surface area contributed by atoms with Crippen LogP contribution in [0.2, 0.25) is 0 Å². The van der Waals surface area contributed by atoms with Crippen LogP contribution in [-0.2, 0) is 4.74 Å². The van der Waals surface area contributed by atoms with Gasteiger partial charge < -0.3 is 15.0 Å². The van der Waals surface area contributed by atoms with Crippen LogP contribution >= 0.6 is 0 Å². The molecule has 0 saturated carbocycles. The molecule has 1 aromatic heterocycles. The van der Waals surface area contributed by atoms with E-state index in [-0.39, 0.29) is 11.9 Å². The average molecular weight is 327 g/mol. The van der Waals surface area contributed by atoms with Gasteiger partial charge in [-0.2, -0.15) is 0 Å². The predicted molar refractivity (Wildman–Crippen MR) is 90.8 cm³/mol. The van der Waals surface area contributed by atoms with Crippen LogP contribution < -0.4 is 5.32 Å². The highest BCUT2D eigenvalue weighted by atomic mass is 16.5. The molecular formula is C18H21N3O3. The first-order valence-corrected chi connectivity index (χ1v) is 8.25. The molecule has 0 aliphatic carbocycles. The van der Waals surface area contributed by atoms with Gasteiger partial charge in [0.25, 0.3) is 5.91 Å². The number of fused-ring (bicyclic) bond motifs is 1. The number of pyridine rings is 1. The molecule has 1 N–H and O–H groups in total. The van der Waals surface area contributed by atoms with E-state index in [2.05, 4.69) is 10.3 Å². The minimum atomic E-state index is -0.430. The van der Waals surface area contributed by atoms with Gasteiger partial charge in [0.05, 0.1) is 6.61 Å². The van der Waals surface area contributed by atoms with Gasteiger partial charge in [0.2, 0.25) is 0 Å². The van der Waals surface area contributed by atoms with Crippen molar-refractivity contribution in [3.63, 3.8) is 0 Å². The fourth-order valence-corrected chi connectivity index (χ4v) is 3.06. The highest BCUT2D eigenvalue weighted by Crippen LogP contribution is 2.20. The summed E-state index contributed by atoms with van der Waals surface area (Å²) < 4.78 is 4.92. The standard InChI is InChI=1S/C18H21N3O3/c1-2-24-18(23)20-14-7-5-11-21(12-14)17(22)16-15-8-4-3-6-13(15)9-10-19-16/h3-4,6,8-10,14H,2,5,7,11-12H2,1H3,(H,20,23)/t14-/m1/s1. The molecule has 0 bridgehead atoms. The molecule has 2 amide bonds. The van der Waals surface area contributed by atoms with Crippen LogP contribution in [0, 0.1) is 0 Å². The Morgan fingerprint density at radius 2 is 2.17 bits per heavy atom. The molecular weight excluding hydrogens is 306 g/mol. The van der Waals surface area contributed by atoms with Crippen molar-refractivity contribution >= 4 is 22.8 Å². The molecule has 1 aliphatic rings. The Hall–Kier alpha value is -2.63. The van der Waals surface area contributed by atoms with E-state index in [1.54, 1.807) is 18.0 Å². The lowest BCUT2D eigenvalue weighted by Crippen LogP contribution is -2.49. The molecule has 24 heavy (non-hydrogen) atoms. The summed E-state index contributed by atoms with van der Waals surface area (Å²) in [5.41, 5.74) is 0.463. The molecule has 126 valence electrons. The minimum Gasteiger partial charge on any atom is -0.450 e. The molecule has 0 spiro atoms. The Balaban J connectivity index is 1.75. The topological polar surface area (TPSA) is 71.5 Å². The van der Waals surface area contributed by atoms with Gasteiger partial charge in [-0.25, -0.2) is 4.79 Å². The van der Waals surface area contributed by atoms with Crippen molar-refractivity contribution < 1.29 is 14.3 Å². The zero-order valence-corrected chi connectivity index (χ0v) is 13.7. The third-order valence-electron chi connectivity index (χ3n) is 4.18. The van der Waals surface area contributed by atoms with Crippen LogP contribution in [0.4, 0.5) is 4.79 Å². The van der Waals surface area contributed by atoms with E-state index in [0.29, 0.717) is 25.4 Å². The van der Waals surface area contributed by atoms with Gasteiger partial charge in [0.1, 0.15) is 5.69 Å². The van der Waals surface area contributed by atoms with Crippen LogP contribution in [0.5, 0.6) is 0 Å². The number of aromatic nitrogens is 1. The highest BCUT2D eigenvalue weighted by Gasteiger charge is 2.27. The summed E-state index contributed by atoms with van der Waals surface area (Å²) >= 11 is 0. The number of ether oxygens (including phenoxy) is 1. The Morgan fingerprint density at radius 3 is 3.00 bits per heavy atom. The molecule has 0 radical (unpaired) electrons. The number of amides is 2. The van der Waals surface area contributed by atoms with Gasteiger partial charge >= 0.3 is 6.09 Å². The maximum atomic E-state index is 12.9. The normalized spacial score (nSPS) is 17.5. The monoisotopic (exact) mass is 327 g/mol. The largest absolute Gasteiger partial charge is 0.450 e. The Kier molecular flexibility index (Phi) is 4.93. The maximum Gasteiger partial charge on any atom is 0.407 e. The first-order chi connectivity index (χ1) is 11.7. The molecule has 2 aromatic rings. The second kappa shape index (κ2) is 7.29. The molecule has 2 heterocycles. The lowest BCUT2D eigenvalue weighted by molar-refractivity contribution is 0.0682. The quantitative estimate of drug-likeness (QED) is 0.940. The summed E-state index contributed by atoms with van der Waals surface area (Å²) in [7, 11) is 0. The van der Waals surface area contributed by atoms with Crippen molar-refractivity contribution in [3.05, 3.63) is 42.2 Å². The van der Waals surface area contributed by atoms with Gasteiger partial charge in [-0.1, -0.05) is 24.3 Å². The van der Waals surface area contributed by atoms with Crippen molar-refractivity contribution in [2.75, 3.05) is 19.7 Å². The fraction of sp³-hybridized carbons (Fsp3) is 0.389. The number of nitrogens with one attached hydrogen (secondary N) is 1. The zero-order chi connectivity index (χ0) is 16.9. The van der Waals surface area contributed by atoms with E-state index in [9.17, 15) is 9.59 Å². The number of benzene rings is 1. The molecule has 0 unspecified atom stereocenters. The van der Waals surface area contributed by atoms with Crippen LogP contribution in [0.1, 0.15) is 30.3 Å². The van der Waals surface area contributed by atoms with Crippen molar-refractivity contribution in [2.24, 2.45) is 0 Å². The molecule has 6 nitrogen and oxygen atoms in total.